The fraction of sp³-hybridized carbons (Fsp3) is 0.469. The lowest BCUT2D eigenvalue weighted by atomic mass is 9.98. The molecule has 2 aromatic rings. The Morgan fingerprint density at radius 2 is 1.40 bits per heavy atom. The third-order valence-electron chi connectivity index (χ3n) is 7.08. The van der Waals surface area contributed by atoms with Gasteiger partial charge in [-0.3, -0.25) is 14.4 Å². The summed E-state index contributed by atoms with van der Waals surface area (Å²) in [5.74, 6) is -3.09. The van der Waals surface area contributed by atoms with Crippen LogP contribution in [0.5, 0.6) is 0 Å². The molecule has 0 fully saturated rings. The van der Waals surface area contributed by atoms with Gasteiger partial charge in [0.25, 0.3) is 0 Å². The number of nitrogens with one attached hydrogen (secondary N) is 4. The molecule has 0 saturated heterocycles. The number of carbonyl (C=O) groups excluding carboxylic acids is 4. The van der Waals surface area contributed by atoms with Gasteiger partial charge < -0.3 is 41.0 Å². The van der Waals surface area contributed by atoms with Gasteiger partial charge >= 0.3 is 18.2 Å². The molecule has 0 aliphatic heterocycles. The summed E-state index contributed by atoms with van der Waals surface area (Å²) in [7, 11) is 0. The van der Waals surface area contributed by atoms with Crippen LogP contribution in [0.15, 0.2) is 48.5 Å². The Hall–Kier alpha value is -4.65. The van der Waals surface area contributed by atoms with E-state index in [4.69, 9.17) is 9.47 Å². The van der Waals surface area contributed by atoms with E-state index in [1.54, 1.807) is 20.8 Å². The van der Waals surface area contributed by atoms with Crippen LogP contribution in [-0.4, -0.2) is 83.7 Å². The number of aliphatic hydroxyl groups is 1. The van der Waals surface area contributed by atoms with Crippen molar-refractivity contribution in [2.75, 3.05) is 19.8 Å². The first-order valence-electron chi connectivity index (χ1n) is 14.8. The standard InChI is InChI=1S/C32H42N4O9/c1-19(29(40)41)34-27(38)25(15-9-10-16-33-30(42)45-32(2,3)4)35-28(39)26(17-37)36-31(43)44-18-24-22-13-7-5-11-20(22)21-12-6-8-14-23(21)24/h5-8,11-14,19,24-26,37H,9-10,15-18H2,1-4H3,(H,33,42)(H,34,38)(H,35,39)(H,36,43)(H,40,41)/t19-,25-,26-/m0/s1. The zero-order valence-corrected chi connectivity index (χ0v) is 25.9. The summed E-state index contributed by atoms with van der Waals surface area (Å²) in [6, 6.07) is 11.8. The normalized spacial score (nSPS) is 14.2. The molecule has 0 heterocycles. The highest BCUT2D eigenvalue weighted by atomic mass is 16.6. The van der Waals surface area contributed by atoms with Crippen molar-refractivity contribution in [3.8, 4) is 11.1 Å². The second-order valence-corrected chi connectivity index (χ2v) is 11.8. The van der Waals surface area contributed by atoms with Gasteiger partial charge in [-0.15, -0.1) is 0 Å². The van der Waals surface area contributed by atoms with Gasteiger partial charge in [0.2, 0.25) is 11.8 Å². The first-order chi connectivity index (χ1) is 21.3. The largest absolute Gasteiger partial charge is 0.480 e. The van der Waals surface area contributed by atoms with Gasteiger partial charge in [0.1, 0.15) is 30.3 Å². The molecule has 0 spiro atoms. The van der Waals surface area contributed by atoms with E-state index in [0.29, 0.717) is 12.8 Å². The van der Waals surface area contributed by atoms with E-state index < -0.39 is 60.3 Å². The Morgan fingerprint density at radius 3 is 1.96 bits per heavy atom. The third kappa shape index (κ3) is 10.2. The molecular weight excluding hydrogens is 584 g/mol. The summed E-state index contributed by atoms with van der Waals surface area (Å²) >= 11 is 0. The number of ether oxygens (including phenoxy) is 2. The molecule has 0 radical (unpaired) electrons. The van der Waals surface area contributed by atoms with Crippen molar-refractivity contribution < 1.29 is 43.7 Å². The molecule has 0 saturated carbocycles. The number of alkyl carbamates (subject to hydrolysis) is 2. The van der Waals surface area contributed by atoms with Crippen LogP contribution in [0.25, 0.3) is 11.1 Å². The van der Waals surface area contributed by atoms with E-state index >= 15 is 0 Å². The molecule has 45 heavy (non-hydrogen) atoms. The van der Waals surface area contributed by atoms with Gasteiger partial charge in [0.15, 0.2) is 0 Å². The number of rotatable bonds is 14. The fourth-order valence-electron chi connectivity index (χ4n) is 4.87. The Balaban J connectivity index is 1.57. The SMILES string of the molecule is C[C@H](NC(=O)[C@H](CCCCNC(=O)OC(C)(C)C)NC(=O)[C@H](CO)NC(=O)OCC1c2ccccc2-c2ccccc21)C(=O)O. The van der Waals surface area contributed by atoms with Crippen molar-refractivity contribution in [1.82, 2.24) is 21.3 Å². The zero-order valence-electron chi connectivity index (χ0n) is 25.9. The summed E-state index contributed by atoms with van der Waals surface area (Å²) in [6.45, 7) is 5.94. The van der Waals surface area contributed by atoms with Crippen molar-refractivity contribution in [1.29, 1.82) is 0 Å². The van der Waals surface area contributed by atoms with Crippen LogP contribution >= 0.6 is 0 Å². The minimum atomic E-state index is -1.44. The molecule has 3 rings (SSSR count). The lowest BCUT2D eigenvalue weighted by Gasteiger charge is -2.23. The molecule has 0 aromatic heterocycles. The molecular formula is C32H42N4O9. The maximum absolute atomic E-state index is 13.0. The number of aliphatic hydroxyl groups excluding tert-OH is 1. The van der Waals surface area contributed by atoms with Crippen molar-refractivity contribution in [3.05, 3.63) is 59.7 Å². The Kier molecular flexibility index (Phi) is 12.3. The Morgan fingerprint density at radius 1 is 0.822 bits per heavy atom. The lowest BCUT2D eigenvalue weighted by molar-refractivity contribution is -0.141. The van der Waals surface area contributed by atoms with Gasteiger partial charge in [-0.05, 0) is 69.2 Å². The third-order valence-corrected chi connectivity index (χ3v) is 7.08. The summed E-state index contributed by atoms with van der Waals surface area (Å²) in [4.78, 5) is 61.7. The van der Waals surface area contributed by atoms with Crippen LogP contribution in [0.2, 0.25) is 0 Å². The lowest BCUT2D eigenvalue weighted by Crippen LogP contribution is -2.56. The predicted octanol–water partition coefficient (Wildman–Crippen LogP) is 2.66. The van der Waals surface area contributed by atoms with Crippen LogP contribution in [0.1, 0.15) is 64.0 Å². The van der Waals surface area contributed by atoms with Crippen molar-refractivity contribution in [3.63, 3.8) is 0 Å². The van der Waals surface area contributed by atoms with Crippen molar-refractivity contribution >= 4 is 30.0 Å². The van der Waals surface area contributed by atoms with Crippen LogP contribution in [-0.2, 0) is 23.9 Å². The highest BCUT2D eigenvalue weighted by Gasteiger charge is 2.31. The van der Waals surface area contributed by atoms with Crippen molar-refractivity contribution in [2.24, 2.45) is 0 Å². The first-order valence-corrected chi connectivity index (χ1v) is 14.8. The summed E-state index contributed by atoms with van der Waals surface area (Å²) < 4.78 is 10.6. The molecule has 2 aromatic carbocycles. The second-order valence-electron chi connectivity index (χ2n) is 11.8. The molecule has 0 bridgehead atoms. The van der Waals surface area contributed by atoms with E-state index in [2.05, 4.69) is 21.3 Å². The van der Waals surface area contributed by atoms with E-state index in [-0.39, 0.29) is 25.5 Å². The fourth-order valence-corrected chi connectivity index (χ4v) is 4.87. The average molecular weight is 627 g/mol. The quantitative estimate of drug-likeness (QED) is 0.171. The van der Waals surface area contributed by atoms with E-state index in [0.717, 1.165) is 22.3 Å². The number of benzene rings is 2. The van der Waals surface area contributed by atoms with E-state index in [1.807, 2.05) is 48.5 Å². The second kappa shape index (κ2) is 15.9. The topological polar surface area (TPSA) is 192 Å². The molecule has 1 aliphatic carbocycles. The predicted molar refractivity (Wildman–Crippen MR) is 164 cm³/mol. The Bertz CT molecular complexity index is 1330. The maximum Gasteiger partial charge on any atom is 0.407 e. The molecule has 244 valence electrons. The minimum Gasteiger partial charge on any atom is -0.480 e. The van der Waals surface area contributed by atoms with E-state index in [1.165, 1.54) is 6.92 Å². The number of carboxylic acids is 1. The number of carboxylic acid groups (broad SMARTS) is 1. The van der Waals surface area contributed by atoms with Crippen LogP contribution in [0, 0.1) is 0 Å². The number of aliphatic carboxylic acids is 1. The summed E-state index contributed by atoms with van der Waals surface area (Å²) in [5, 5.41) is 28.8. The molecule has 13 nitrogen and oxygen atoms in total. The molecule has 13 heteroatoms. The number of hydrogen-bond donors (Lipinski definition) is 6. The van der Waals surface area contributed by atoms with Crippen LogP contribution in [0.3, 0.4) is 0 Å². The average Bonchev–Trinajstić information content (AvgIpc) is 3.30. The Labute approximate surface area is 262 Å². The number of hydrogen-bond acceptors (Lipinski definition) is 8. The van der Waals surface area contributed by atoms with E-state index in [9.17, 15) is 34.2 Å². The zero-order chi connectivity index (χ0) is 33.1. The molecule has 6 N–H and O–H groups in total. The summed E-state index contributed by atoms with van der Waals surface area (Å²) in [6.07, 6.45) is -0.651. The number of carbonyl (C=O) groups is 5. The molecule has 3 atom stereocenters. The smallest absolute Gasteiger partial charge is 0.407 e. The maximum atomic E-state index is 13.0. The van der Waals surface area contributed by atoms with Crippen molar-refractivity contribution in [2.45, 2.75) is 76.6 Å². The number of fused-ring (bicyclic) bond motifs is 3. The van der Waals surface area contributed by atoms with Gasteiger partial charge in [0.05, 0.1) is 6.61 Å². The van der Waals surface area contributed by atoms with Crippen LogP contribution in [0.4, 0.5) is 9.59 Å². The number of unbranched alkanes of at least 4 members (excludes halogenated alkanes) is 1. The number of amides is 4. The summed E-state index contributed by atoms with van der Waals surface area (Å²) in [5.41, 5.74) is 3.46. The minimum absolute atomic E-state index is 0.00489. The monoisotopic (exact) mass is 626 g/mol. The molecule has 4 amide bonds. The van der Waals surface area contributed by atoms with Gasteiger partial charge in [-0.25, -0.2) is 9.59 Å². The van der Waals surface area contributed by atoms with Gasteiger partial charge in [-0.1, -0.05) is 48.5 Å². The van der Waals surface area contributed by atoms with Gasteiger partial charge in [-0.2, -0.15) is 0 Å². The highest BCUT2D eigenvalue weighted by Crippen LogP contribution is 2.44. The first kappa shape index (κ1) is 34.8. The highest BCUT2D eigenvalue weighted by molar-refractivity contribution is 5.92. The van der Waals surface area contributed by atoms with Crippen LogP contribution < -0.4 is 21.3 Å². The molecule has 1 aliphatic rings. The molecule has 0 unspecified atom stereocenters. The van der Waals surface area contributed by atoms with Gasteiger partial charge in [0, 0.05) is 12.5 Å².